The molecule has 0 saturated carbocycles. The van der Waals surface area contributed by atoms with Crippen LogP contribution in [0.25, 0.3) is 0 Å². The number of carbonyl (C=O) groups is 2. The van der Waals surface area contributed by atoms with Crippen LogP contribution in [-0.4, -0.2) is 49.5 Å². The van der Waals surface area contributed by atoms with Crippen LogP contribution in [0.3, 0.4) is 0 Å². The maximum Gasteiger partial charge on any atom is 0.255 e. The maximum atomic E-state index is 12.5. The second kappa shape index (κ2) is 14.0. The number of halogens is 1. The number of unbranched alkanes of at least 4 members (excludes halogenated alkanes) is 1. The van der Waals surface area contributed by atoms with Gasteiger partial charge >= 0.3 is 0 Å². The molecule has 0 radical (unpaired) electrons. The summed E-state index contributed by atoms with van der Waals surface area (Å²) in [5.41, 5.74) is 3.07. The number of rotatable bonds is 11. The monoisotopic (exact) mass is 533 g/mol. The van der Waals surface area contributed by atoms with Gasteiger partial charge in [0.05, 0.1) is 6.61 Å². The Morgan fingerprint density at radius 3 is 2.26 bits per heavy atom. The van der Waals surface area contributed by atoms with Crippen molar-refractivity contribution in [2.75, 3.05) is 38.1 Å². The molecule has 0 unspecified atom stereocenters. The Bertz CT molecular complexity index is 1190. The van der Waals surface area contributed by atoms with Crippen LogP contribution in [0, 0.1) is 0 Å². The van der Waals surface area contributed by atoms with Crippen LogP contribution in [-0.2, 0) is 0 Å². The van der Waals surface area contributed by atoms with Gasteiger partial charge in [0.25, 0.3) is 11.8 Å². The number of benzene rings is 3. The summed E-state index contributed by atoms with van der Waals surface area (Å²) in [6, 6.07) is 22.0. The lowest BCUT2D eigenvalue weighted by molar-refractivity contribution is 0.0951. The normalized spacial score (nSPS) is 14.2. The first kappa shape index (κ1) is 27.7. The molecule has 0 spiro atoms. The number of nitrogens with zero attached hydrogens (tertiary/aromatic N) is 1. The molecule has 4 rings (SSSR count). The molecular formula is C31H36ClN3O3. The molecule has 2 N–H and O–H groups in total. The SMILES string of the molecule is CCOc1ccccc1C1CCN(CCCCNC(=O)c2ccc(NC(=O)c3ccc(Cl)cc3)cc2)CC1. The number of hydrogen-bond acceptors (Lipinski definition) is 4. The van der Waals surface area contributed by atoms with Gasteiger partial charge in [0.2, 0.25) is 0 Å². The van der Waals surface area contributed by atoms with Crippen molar-refractivity contribution in [3.8, 4) is 5.75 Å². The number of piperidine rings is 1. The fraction of sp³-hybridized carbons (Fsp3) is 0.355. The topological polar surface area (TPSA) is 70.7 Å². The summed E-state index contributed by atoms with van der Waals surface area (Å²) in [5, 5.41) is 6.41. The predicted molar refractivity (Wildman–Crippen MR) is 153 cm³/mol. The van der Waals surface area contributed by atoms with Crippen molar-refractivity contribution in [1.29, 1.82) is 0 Å². The van der Waals surface area contributed by atoms with E-state index in [4.69, 9.17) is 16.3 Å². The number of likely N-dealkylation sites (tertiary alicyclic amines) is 1. The highest BCUT2D eigenvalue weighted by Gasteiger charge is 2.22. The number of hydrogen-bond donors (Lipinski definition) is 2. The first-order valence-corrected chi connectivity index (χ1v) is 13.8. The molecule has 3 aromatic rings. The summed E-state index contributed by atoms with van der Waals surface area (Å²) >= 11 is 5.87. The summed E-state index contributed by atoms with van der Waals surface area (Å²) < 4.78 is 5.83. The van der Waals surface area contributed by atoms with E-state index in [-0.39, 0.29) is 11.8 Å². The van der Waals surface area contributed by atoms with Gasteiger partial charge in [-0.25, -0.2) is 0 Å². The maximum absolute atomic E-state index is 12.5. The number of amides is 2. The molecule has 200 valence electrons. The zero-order valence-corrected chi connectivity index (χ0v) is 22.7. The number of nitrogens with one attached hydrogen (secondary N) is 2. The minimum atomic E-state index is -0.224. The van der Waals surface area contributed by atoms with Gasteiger partial charge in [-0.1, -0.05) is 29.8 Å². The van der Waals surface area contributed by atoms with Gasteiger partial charge in [-0.2, -0.15) is 0 Å². The molecule has 0 bridgehead atoms. The third kappa shape index (κ3) is 7.83. The van der Waals surface area contributed by atoms with E-state index < -0.39 is 0 Å². The van der Waals surface area contributed by atoms with E-state index in [1.165, 1.54) is 5.56 Å². The molecule has 1 heterocycles. The van der Waals surface area contributed by atoms with E-state index in [2.05, 4.69) is 33.7 Å². The van der Waals surface area contributed by atoms with Crippen molar-refractivity contribution in [2.45, 2.75) is 38.5 Å². The number of anilines is 1. The molecule has 0 aliphatic carbocycles. The standard InChI is InChI=1S/C31H36ClN3O3/c1-2-38-29-8-4-3-7-28(29)23-17-21-35(22-18-23)20-6-5-19-33-30(36)24-11-15-27(16-12-24)34-31(37)25-9-13-26(32)14-10-25/h3-4,7-16,23H,2,5-6,17-22H2,1H3,(H,33,36)(H,34,37). The molecule has 6 nitrogen and oxygen atoms in total. The summed E-state index contributed by atoms with van der Waals surface area (Å²) in [5.74, 6) is 1.26. The summed E-state index contributed by atoms with van der Waals surface area (Å²) in [7, 11) is 0. The average molecular weight is 534 g/mol. The Labute approximate surface area is 230 Å². The zero-order chi connectivity index (χ0) is 26.7. The Morgan fingerprint density at radius 1 is 0.895 bits per heavy atom. The molecule has 0 atom stereocenters. The number of ether oxygens (including phenoxy) is 1. The largest absolute Gasteiger partial charge is 0.494 e. The second-order valence-corrected chi connectivity index (χ2v) is 10.0. The van der Waals surface area contributed by atoms with Gasteiger partial charge in [0.1, 0.15) is 5.75 Å². The van der Waals surface area contributed by atoms with Gasteiger partial charge in [-0.3, -0.25) is 9.59 Å². The summed E-state index contributed by atoms with van der Waals surface area (Å²) in [6.45, 7) is 6.62. The van der Waals surface area contributed by atoms with Crippen LogP contribution in [0.4, 0.5) is 5.69 Å². The van der Waals surface area contributed by atoms with Crippen LogP contribution in [0.15, 0.2) is 72.8 Å². The van der Waals surface area contributed by atoms with Crippen LogP contribution >= 0.6 is 11.6 Å². The van der Waals surface area contributed by atoms with Crippen molar-refractivity contribution in [2.24, 2.45) is 0 Å². The van der Waals surface area contributed by atoms with E-state index in [0.29, 0.717) is 40.9 Å². The van der Waals surface area contributed by atoms with E-state index in [1.54, 1.807) is 48.5 Å². The minimum Gasteiger partial charge on any atom is -0.494 e. The first-order valence-electron chi connectivity index (χ1n) is 13.4. The lowest BCUT2D eigenvalue weighted by atomic mass is 9.88. The highest BCUT2D eigenvalue weighted by molar-refractivity contribution is 6.30. The van der Waals surface area contributed by atoms with Crippen molar-refractivity contribution in [1.82, 2.24) is 10.2 Å². The number of carbonyl (C=O) groups excluding carboxylic acids is 2. The Balaban J connectivity index is 1.12. The average Bonchev–Trinajstić information content (AvgIpc) is 2.94. The van der Waals surface area contributed by atoms with E-state index in [9.17, 15) is 9.59 Å². The molecule has 7 heteroatoms. The number of para-hydroxylation sites is 1. The molecule has 2 amide bonds. The minimum absolute atomic E-state index is 0.102. The van der Waals surface area contributed by atoms with Gasteiger partial charge in [0, 0.05) is 28.4 Å². The Kier molecular flexibility index (Phi) is 10.2. The highest BCUT2D eigenvalue weighted by Crippen LogP contribution is 2.34. The van der Waals surface area contributed by atoms with E-state index >= 15 is 0 Å². The summed E-state index contributed by atoms with van der Waals surface area (Å²) in [6.07, 6.45) is 4.29. The van der Waals surface area contributed by atoms with E-state index in [1.807, 2.05) is 13.0 Å². The molecule has 1 saturated heterocycles. The molecule has 3 aromatic carbocycles. The van der Waals surface area contributed by atoms with Gasteiger partial charge < -0.3 is 20.3 Å². The van der Waals surface area contributed by atoms with Crippen LogP contribution in [0.2, 0.25) is 5.02 Å². The van der Waals surface area contributed by atoms with Crippen LogP contribution in [0.1, 0.15) is 64.8 Å². The second-order valence-electron chi connectivity index (χ2n) is 9.59. The lowest BCUT2D eigenvalue weighted by Gasteiger charge is -2.32. The van der Waals surface area contributed by atoms with E-state index in [0.717, 1.165) is 51.1 Å². The predicted octanol–water partition coefficient (Wildman–Crippen LogP) is 6.38. The first-order chi connectivity index (χ1) is 18.5. The molecular weight excluding hydrogens is 498 g/mol. The smallest absolute Gasteiger partial charge is 0.255 e. The lowest BCUT2D eigenvalue weighted by Crippen LogP contribution is -2.34. The fourth-order valence-corrected chi connectivity index (χ4v) is 4.97. The quantitative estimate of drug-likeness (QED) is 0.280. The zero-order valence-electron chi connectivity index (χ0n) is 21.9. The fourth-order valence-electron chi connectivity index (χ4n) is 4.85. The van der Waals surface area contributed by atoms with Crippen LogP contribution < -0.4 is 15.4 Å². The van der Waals surface area contributed by atoms with Crippen LogP contribution in [0.5, 0.6) is 5.75 Å². The van der Waals surface area contributed by atoms with Crippen molar-refractivity contribution in [3.63, 3.8) is 0 Å². The van der Waals surface area contributed by atoms with Crippen molar-refractivity contribution < 1.29 is 14.3 Å². The molecule has 1 aliphatic heterocycles. The molecule has 0 aromatic heterocycles. The molecule has 1 aliphatic rings. The van der Waals surface area contributed by atoms with Crippen molar-refractivity contribution >= 4 is 29.1 Å². The van der Waals surface area contributed by atoms with Gasteiger partial charge in [-0.15, -0.1) is 0 Å². The molecule has 1 fully saturated rings. The third-order valence-electron chi connectivity index (χ3n) is 6.94. The third-order valence-corrected chi connectivity index (χ3v) is 7.20. The highest BCUT2D eigenvalue weighted by atomic mass is 35.5. The van der Waals surface area contributed by atoms with Gasteiger partial charge in [0.15, 0.2) is 0 Å². The van der Waals surface area contributed by atoms with Crippen molar-refractivity contribution in [3.05, 3.63) is 94.5 Å². The summed E-state index contributed by atoms with van der Waals surface area (Å²) in [4.78, 5) is 27.4. The molecule has 38 heavy (non-hydrogen) atoms. The van der Waals surface area contributed by atoms with Gasteiger partial charge in [-0.05, 0) is 118 Å². The Morgan fingerprint density at radius 2 is 1.55 bits per heavy atom. The Hall–Kier alpha value is -3.35.